The number of hydrogen-bond acceptors (Lipinski definition) is 4. The van der Waals surface area contributed by atoms with E-state index in [1.807, 2.05) is 13.8 Å². The molecular weight excluding hydrogens is 304 g/mol. The van der Waals surface area contributed by atoms with Crippen molar-refractivity contribution in [3.63, 3.8) is 0 Å². The molecule has 0 heterocycles. The molecule has 1 aromatic rings. The first-order chi connectivity index (χ1) is 9.31. The number of nitro benzene ring substituents is 1. The van der Waals surface area contributed by atoms with Gasteiger partial charge in [-0.15, -0.1) is 0 Å². The summed E-state index contributed by atoms with van der Waals surface area (Å²) in [5, 5.41) is 10.4. The molecule has 1 rings (SSSR count). The van der Waals surface area contributed by atoms with E-state index < -0.39 is 14.9 Å². The first-order valence-electron chi connectivity index (χ1n) is 6.25. The average Bonchev–Trinajstić information content (AvgIpc) is 2.39. The molecule has 0 aliphatic carbocycles. The number of nitrogens with zero attached hydrogens (tertiary/aromatic N) is 1. The second-order valence-electron chi connectivity index (χ2n) is 4.41. The molecule has 112 valence electrons. The Morgan fingerprint density at radius 1 is 1.35 bits per heavy atom. The lowest BCUT2D eigenvalue weighted by Crippen LogP contribution is -2.29. The van der Waals surface area contributed by atoms with Gasteiger partial charge in [0.2, 0.25) is 10.0 Å². The smallest absolute Gasteiger partial charge is 0.258 e. The van der Waals surface area contributed by atoms with Crippen LogP contribution in [0.3, 0.4) is 0 Å². The summed E-state index contributed by atoms with van der Waals surface area (Å²) in [7, 11) is -3.75. The highest BCUT2D eigenvalue weighted by Crippen LogP contribution is 2.26. The van der Waals surface area contributed by atoms with Gasteiger partial charge in [-0.1, -0.05) is 38.3 Å². The number of benzene rings is 1. The number of sulfonamides is 1. The van der Waals surface area contributed by atoms with E-state index in [0.29, 0.717) is 6.54 Å². The van der Waals surface area contributed by atoms with Gasteiger partial charge >= 0.3 is 0 Å². The lowest BCUT2D eigenvalue weighted by molar-refractivity contribution is -0.384. The second kappa shape index (κ2) is 7.01. The van der Waals surface area contributed by atoms with Crippen molar-refractivity contribution in [1.29, 1.82) is 0 Å². The molecular formula is C12H17ClN2O4S. The van der Waals surface area contributed by atoms with Crippen molar-refractivity contribution in [1.82, 2.24) is 4.72 Å². The van der Waals surface area contributed by atoms with Crippen LogP contribution in [0, 0.1) is 16.0 Å². The van der Waals surface area contributed by atoms with Crippen molar-refractivity contribution in [2.45, 2.75) is 31.6 Å². The molecule has 0 radical (unpaired) electrons. The highest BCUT2D eigenvalue weighted by molar-refractivity contribution is 7.89. The summed E-state index contributed by atoms with van der Waals surface area (Å²) >= 11 is 5.82. The molecule has 0 amide bonds. The number of nitrogens with one attached hydrogen (secondary N) is 1. The maximum absolute atomic E-state index is 12.1. The van der Waals surface area contributed by atoms with Crippen molar-refractivity contribution < 1.29 is 13.3 Å². The van der Waals surface area contributed by atoms with E-state index in [-0.39, 0.29) is 21.5 Å². The van der Waals surface area contributed by atoms with Gasteiger partial charge in [-0.25, -0.2) is 13.1 Å². The SMILES string of the molecule is CCC(CC)CNS(=O)(=O)c1ccc([N+](=O)[O-])cc1Cl. The minimum absolute atomic E-state index is 0.143. The Morgan fingerprint density at radius 2 is 1.95 bits per heavy atom. The molecule has 0 aliphatic rings. The molecule has 0 atom stereocenters. The molecule has 6 nitrogen and oxygen atoms in total. The van der Waals surface area contributed by atoms with Gasteiger partial charge in [0, 0.05) is 18.7 Å². The fraction of sp³-hybridized carbons (Fsp3) is 0.500. The van der Waals surface area contributed by atoms with Crippen molar-refractivity contribution in [3.8, 4) is 0 Å². The van der Waals surface area contributed by atoms with Crippen LogP contribution in [0.4, 0.5) is 5.69 Å². The summed E-state index contributed by atoms with van der Waals surface area (Å²) in [5.41, 5.74) is -0.242. The van der Waals surface area contributed by atoms with E-state index in [0.717, 1.165) is 31.0 Å². The van der Waals surface area contributed by atoms with Crippen LogP contribution in [0.15, 0.2) is 23.1 Å². The largest absolute Gasteiger partial charge is 0.271 e. The van der Waals surface area contributed by atoms with Crippen LogP contribution in [0.5, 0.6) is 0 Å². The second-order valence-corrected chi connectivity index (χ2v) is 6.55. The van der Waals surface area contributed by atoms with Crippen molar-refractivity contribution in [2.75, 3.05) is 6.54 Å². The molecule has 0 spiro atoms. The minimum atomic E-state index is -3.75. The lowest BCUT2D eigenvalue weighted by Gasteiger charge is -2.14. The zero-order valence-electron chi connectivity index (χ0n) is 11.3. The van der Waals surface area contributed by atoms with Crippen LogP contribution < -0.4 is 4.72 Å². The van der Waals surface area contributed by atoms with Crippen molar-refractivity contribution >= 4 is 27.3 Å². The number of halogens is 1. The van der Waals surface area contributed by atoms with Crippen molar-refractivity contribution in [3.05, 3.63) is 33.3 Å². The zero-order chi connectivity index (χ0) is 15.3. The predicted molar refractivity (Wildman–Crippen MR) is 77.4 cm³/mol. The van der Waals surface area contributed by atoms with Crippen LogP contribution >= 0.6 is 11.6 Å². The van der Waals surface area contributed by atoms with Crippen LogP contribution in [0.1, 0.15) is 26.7 Å². The molecule has 0 aromatic heterocycles. The molecule has 0 saturated heterocycles. The Labute approximate surface area is 123 Å². The topological polar surface area (TPSA) is 89.3 Å². The Balaban J connectivity index is 2.95. The quantitative estimate of drug-likeness (QED) is 0.617. The Kier molecular flexibility index (Phi) is 5.91. The maximum Gasteiger partial charge on any atom is 0.271 e. The number of non-ortho nitro benzene ring substituents is 1. The summed E-state index contributed by atoms with van der Waals surface area (Å²) in [6.45, 7) is 4.30. The van der Waals surface area contributed by atoms with Gasteiger partial charge < -0.3 is 0 Å². The van der Waals surface area contributed by atoms with E-state index >= 15 is 0 Å². The van der Waals surface area contributed by atoms with E-state index in [4.69, 9.17) is 11.6 Å². The first-order valence-corrected chi connectivity index (χ1v) is 8.11. The Morgan fingerprint density at radius 3 is 2.40 bits per heavy atom. The first kappa shape index (κ1) is 16.9. The van der Waals surface area contributed by atoms with Gasteiger partial charge in [-0.3, -0.25) is 10.1 Å². The van der Waals surface area contributed by atoms with Gasteiger partial charge in [-0.2, -0.15) is 0 Å². The minimum Gasteiger partial charge on any atom is -0.258 e. The molecule has 0 aliphatic heterocycles. The number of rotatable bonds is 7. The summed E-state index contributed by atoms with van der Waals surface area (Å²) in [5.74, 6) is 0.251. The summed E-state index contributed by atoms with van der Waals surface area (Å²) in [6, 6.07) is 3.31. The van der Waals surface area contributed by atoms with Gasteiger partial charge in [0.25, 0.3) is 5.69 Å². The Bertz CT molecular complexity index is 585. The van der Waals surface area contributed by atoms with E-state index in [9.17, 15) is 18.5 Å². The van der Waals surface area contributed by atoms with Crippen LogP contribution in [-0.2, 0) is 10.0 Å². The fourth-order valence-electron chi connectivity index (χ4n) is 1.70. The molecule has 0 unspecified atom stereocenters. The van der Waals surface area contributed by atoms with Crippen LogP contribution in [0.25, 0.3) is 0 Å². The predicted octanol–water partition coefficient (Wildman–Crippen LogP) is 2.96. The van der Waals surface area contributed by atoms with Crippen LogP contribution in [0.2, 0.25) is 5.02 Å². The monoisotopic (exact) mass is 320 g/mol. The van der Waals surface area contributed by atoms with Gasteiger partial charge in [0.15, 0.2) is 0 Å². The highest BCUT2D eigenvalue weighted by atomic mass is 35.5. The third-order valence-corrected chi connectivity index (χ3v) is 5.04. The number of nitro groups is 1. The van der Waals surface area contributed by atoms with Gasteiger partial charge in [0.05, 0.1) is 9.95 Å². The molecule has 20 heavy (non-hydrogen) atoms. The van der Waals surface area contributed by atoms with E-state index in [1.54, 1.807) is 0 Å². The summed E-state index contributed by atoms with van der Waals surface area (Å²) in [6.07, 6.45) is 1.74. The third kappa shape index (κ3) is 4.16. The standard InChI is InChI=1S/C12H17ClN2O4S/c1-3-9(4-2)8-14-20(18,19)12-6-5-10(15(16)17)7-11(12)13/h5-7,9,14H,3-4,8H2,1-2H3. The molecule has 0 fully saturated rings. The van der Waals surface area contributed by atoms with Gasteiger partial charge in [0.1, 0.15) is 4.90 Å². The maximum atomic E-state index is 12.1. The normalized spacial score (nSPS) is 11.8. The summed E-state index contributed by atoms with van der Waals surface area (Å²) < 4.78 is 26.7. The van der Waals surface area contributed by atoms with Crippen LogP contribution in [-0.4, -0.2) is 19.9 Å². The fourth-order valence-corrected chi connectivity index (χ4v) is 3.36. The zero-order valence-corrected chi connectivity index (χ0v) is 12.9. The molecule has 1 N–H and O–H groups in total. The highest BCUT2D eigenvalue weighted by Gasteiger charge is 2.21. The molecule has 0 bridgehead atoms. The van der Waals surface area contributed by atoms with Crippen molar-refractivity contribution in [2.24, 2.45) is 5.92 Å². The van der Waals surface area contributed by atoms with E-state index in [2.05, 4.69) is 4.72 Å². The molecule has 0 saturated carbocycles. The van der Waals surface area contributed by atoms with Gasteiger partial charge in [-0.05, 0) is 12.0 Å². The Hall–Kier alpha value is -1.18. The summed E-state index contributed by atoms with van der Waals surface area (Å²) in [4.78, 5) is 9.82. The van der Waals surface area contributed by atoms with E-state index in [1.165, 1.54) is 0 Å². The molecule has 1 aromatic carbocycles. The third-order valence-electron chi connectivity index (χ3n) is 3.13. The molecule has 8 heteroatoms. The number of hydrogen-bond donors (Lipinski definition) is 1. The average molecular weight is 321 g/mol. The lowest BCUT2D eigenvalue weighted by atomic mass is 10.0.